The van der Waals surface area contributed by atoms with Crippen LogP contribution in [0.4, 0.5) is 0 Å². The number of nitrogens with two attached hydrogens (primary N) is 1. The first kappa shape index (κ1) is 8.02. The number of nitrogens with zero attached hydrogens (tertiary/aromatic N) is 1. The highest BCUT2D eigenvalue weighted by Gasteiger charge is 2.25. The molecule has 1 aliphatic carbocycles. The first-order chi connectivity index (χ1) is 4.74. The lowest BCUT2D eigenvalue weighted by atomic mass is 10.1. The minimum absolute atomic E-state index is 0.618. The molecule has 1 fully saturated rings. The van der Waals surface area contributed by atoms with Gasteiger partial charge in [-0.3, -0.25) is 0 Å². The van der Waals surface area contributed by atoms with Gasteiger partial charge in [0.25, 0.3) is 0 Å². The van der Waals surface area contributed by atoms with Crippen LogP contribution in [0.25, 0.3) is 0 Å². The fourth-order valence-electron chi connectivity index (χ4n) is 1.26. The smallest absolute Gasteiger partial charge is 0.0214 e. The van der Waals surface area contributed by atoms with Gasteiger partial charge in [0.2, 0.25) is 0 Å². The molecule has 0 aromatic rings. The largest absolute Gasteiger partial charge is 0.329 e. The van der Waals surface area contributed by atoms with Crippen LogP contribution in [0.3, 0.4) is 0 Å². The van der Waals surface area contributed by atoms with Crippen LogP contribution in [0.15, 0.2) is 0 Å². The molecule has 0 aromatic carbocycles. The first-order valence-electron chi connectivity index (χ1n) is 4.10. The zero-order chi connectivity index (χ0) is 7.56. The molecule has 0 heterocycles. The summed E-state index contributed by atoms with van der Waals surface area (Å²) in [6.45, 7) is 0.809. The maximum absolute atomic E-state index is 5.61. The summed E-state index contributed by atoms with van der Waals surface area (Å²) in [4.78, 5) is 2.23. The molecule has 0 bridgehead atoms. The number of hydrogen-bond donors (Lipinski definition) is 1. The molecule has 1 aliphatic rings. The zero-order valence-corrected chi connectivity index (χ0v) is 7.01. The minimum Gasteiger partial charge on any atom is -0.329 e. The molecule has 2 heteroatoms. The summed E-state index contributed by atoms with van der Waals surface area (Å²) in [7, 11) is 4.22. The molecule has 0 radical (unpaired) electrons. The van der Waals surface area contributed by atoms with Crippen LogP contribution >= 0.6 is 0 Å². The van der Waals surface area contributed by atoms with Crippen LogP contribution in [0, 0.1) is 5.92 Å². The minimum atomic E-state index is 0.618. The average molecular weight is 142 g/mol. The Labute approximate surface area is 63.4 Å². The van der Waals surface area contributed by atoms with Gasteiger partial charge in [-0.25, -0.2) is 0 Å². The Hall–Kier alpha value is -0.0800. The van der Waals surface area contributed by atoms with Gasteiger partial charge in [-0.05, 0) is 26.4 Å². The predicted octanol–water partition coefficient (Wildman–Crippen LogP) is 0.675. The third kappa shape index (κ3) is 2.27. The lowest BCUT2D eigenvalue weighted by Crippen LogP contribution is -2.35. The molecular weight excluding hydrogens is 124 g/mol. The van der Waals surface area contributed by atoms with Gasteiger partial charge in [-0.2, -0.15) is 0 Å². The van der Waals surface area contributed by atoms with Crippen LogP contribution in [-0.4, -0.2) is 31.6 Å². The molecule has 10 heavy (non-hydrogen) atoms. The second-order valence-corrected chi connectivity index (χ2v) is 3.53. The Bertz CT molecular complexity index is 97.4. The van der Waals surface area contributed by atoms with Crippen LogP contribution in [0.2, 0.25) is 0 Å². The molecular formula is C8H18N2. The van der Waals surface area contributed by atoms with E-state index in [1.807, 2.05) is 0 Å². The molecule has 0 saturated heterocycles. The maximum Gasteiger partial charge on any atom is 0.0214 e. The van der Waals surface area contributed by atoms with Crippen molar-refractivity contribution in [1.29, 1.82) is 0 Å². The van der Waals surface area contributed by atoms with Gasteiger partial charge in [0.05, 0.1) is 0 Å². The van der Waals surface area contributed by atoms with Crippen LogP contribution < -0.4 is 5.73 Å². The van der Waals surface area contributed by atoms with E-state index in [9.17, 15) is 0 Å². The van der Waals surface area contributed by atoms with Gasteiger partial charge in [0.1, 0.15) is 0 Å². The van der Waals surface area contributed by atoms with Gasteiger partial charge in [-0.1, -0.05) is 12.8 Å². The zero-order valence-electron chi connectivity index (χ0n) is 7.01. The fourth-order valence-corrected chi connectivity index (χ4v) is 1.26. The van der Waals surface area contributed by atoms with Crippen LogP contribution in [-0.2, 0) is 0 Å². The molecule has 60 valence electrons. The van der Waals surface area contributed by atoms with E-state index in [2.05, 4.69) is 19.0 Å². The van der Waals surface area contributed by atoms with Gasteiger partial charge in [0, 0.05) is 12.6 Å². The van der Waals surface area contributed by atoms with Crippen molar-refractivity contribution in [2.45, 2.75) is 25.3 Å². The number of hydrogen-bond acceptors (Lipinski definition) is 2. The van der Waals surface area contributed by atoms with Crippen molar-refractivity contribution >= 4 is 0 Å². The number of rotatable bonds is 4. The quantitative estimate of drug-likeness (QED) is 0.625. The molecule has 0 amide bonds. The van der Waals surface area contributed by atoms with Gasteiger partial charge >= 0.3 is 0 Å². The summed E-state index contributed by atoms with van der Waals surface area (Å²) in [6, 6.07) is 0.618. The van der Waals surface area contributed by atoms with Crippen molar-refractivity contribution in [3.05, 3.63) is 0 Å². The molecule has 0 aliphatic heterocycles. The highest BCUT2D eigenvalue weighted by Crippen LogP contribution is 2.33. The number of likely N-dealkylation sites (N-methyl/N-ethyl adjacent to an activating group) is 1. The normalized spacial score (nSPS) is 21.6. The van der Waals surface area contributed by atoms with E-state index in [0.29, 0.717) is 6.04 Å². The summed E-state index contributed by atoms with van der Waals surface area (Å²) in [6.07, 6.45) is 4.18. The van der Waals surface area contributed by atoms with Crippen molar-refractivity contribution in [1.82, 2.24) is 4.90 Å². The monoisotopic (exact) mass is 142 g/mol. The topological polar surface area (TPSA) is 29.3 Å². The van der Waals surface area contributed by atoms with E-state index in [4.69, 9.17) is 5.73 Å². The Morgan fingerprint density at radius 3 is 2.40 bits per heavy atom. The standard InChI is InChI=1S/C8H18N2/c1-10(2)8(6-9)5-7-3-4-7/h7-8H,3-6,9H2,1-2H3. The first-order valence-corrected chi connectivity index (χ1v) is 4.10. The van der Waals surface area contributed by atoms with Gasteiger partial charge < -0.3 is 10.6 Å². The van der Waals surface area contributed by atoms with Crippen molar-refractivity contribution in [3.8, 4) is 0 Å². The van der Waals surface area contributed by atoms with Gasteiger partial charge in [-0.15, -0.1) is 0 Å². The van der Waals surface area contributed by atoms with Crippen LogP contribution in [0.1, 0.15) is 19.3 Å². The van der Waals surface area contributed by atoms with Gasteiger partial charge in [0.15, 0.2) is 0 Å². The van der Waals surface area contributed by atoms with E-state index < -0.39 is 0 Å². The SMILES string of the molecule is CN(C)C(CN)CC1CC1. The molecule has 1 saturated carbocycles. The Kier molecular flexibility index (Phi) is 2.69. The summed E-state index contributed by atoms with van der Waals surface area (Å²) in [5, 5.41) is 0. The fraction of sp³-hybridized carbons (Fsp3) is 1.00. The van der Waals surface area contributed by atoms with E-state index in [-0.39, 0.29) is 0 Å². The lowest BCUT2D eigenvalue weighted by molar-refractivity contribution is 0.275. The van der Waals surface area contributed by atoms with Crippen molar-refractivity contribution in [2.24, 2.45) is 11.7 Å². The summed E-state index contributed by atoms with van der Waals surface area (Å²) < 4.78 is 0. The molecule has 2 nitrogen and oxygen atoms in total. The molecule has 1 atom stereocenters. The maximum atomic E-state index is 5.61. The molecule has 1 unspecified atom stereocenters. The second-order valence-electron chi connectivity index (χ2n) is 3.53. The molecule has 1 rings (SSSR count). The highest BCUT2D eigenvalue weighted by atomic mass is 15.1. The predicted molar refractivity (Wildman–Crippen MR) is 43.9 cm³/mol. The Morgan fingerprint density at radius 1 is 1.50 bits per heavy atom. The van der Waals surface area contributed by atoms with Crippen molar-refractivity contribution in [2.75, 3.05) is 20.6 Å². The van der Waals surface area contributed by atoms with Crippen LogP contribution in [0.5, 0.6) is 0 Å². The summed E-state index contributed by atoms with van der Waals surface area (Å²) in [5.74, 6) is 0.996. The summed E-state index contributed by atoms with van der Waals surface area (Å²) >= 11 is 0. The third-order valence-electron chi connectivity index (χ3n) is 2.30. The molecule has 0 aromatic heterocycles. The van der Waals surface area contributed by atoms with E-state index in [1.165, 1.54) is 19.3 Å². The highest BCUT2D eigenvalue weighted by molar-refractivity contribution is 4.80. The van der Waals surface area contributed by atoms with Crippen molar-refractivity contribution in [3.63, 3.8) is 0 Å². The third-order valence-corrected chi connectivity index (χ3v) is 2.30. The molecule has 2 N–H and O–H groups in total. The summed E-state index contributed by atoms with van der Waals surface area (Å²) in [5.41, 5.74) is 5.61. The van der Waals surface area contributed by atoms with Crippen molar-refractivity contribution < 1.29 is 0 Å². The lowest BCUT2D eigenvalue weighted by Gasteiger charge is -2.22. The Morgan fingerprint density at radius 2 is 2.10 bits per heavy atom. The average Bonchev–Trinajstić information content (AvgIpc) is 2.64. The molecule has 0 spiro atoms. The van der Waals surface area contributed by atoms with E-state index in [0.717, 1.165) is 12.5 Å². The van der Waals surface area contributed by atoms with E-state index >= 15 is 0 Å². The Balaban J connectivity index is 2.17. The second kappa shape index (κ2) is 3.35. The van der Waals surface area contributed by atoms with E-state index in [1.54, 1.807) is 0 Å².